The zero-order valence-corrected chi connectivity index (χ0v) is 22.1. The van der Waals surface area contributed by atoms with Crippen LogP contribution in [-0.2, 0) is 18.3 Å². The van der Waals surface area contributed by atoms with Crippen molar-refractivity contribution in [3.8, 4) is 22.5 Å². The average Bonchev–Trinajstić information content (AvgIpc) is 2.96. The number of ketones is 1. The smallest absolute Gasteiger partial charge is 0.369 e. The third kappa shape index (κ3) is 6.60. The van der Waals surface area contributed by atoms with Gasteiger partial charge in [-0.15, -0.1) is 0 Å². The van der Waals surface area contributed by atoms with Gasteiger partial charge in [0.2, 0.25) is 0 Å². The molecular weight excluding hydrogens is 584 g/mol. The molecule has 0 radical (unpaired) electrons. The molecule has 2 aromatic carbocycles. The van der Waals surface area contributed by atoms with Gasteiger partial charge >= 0.3 is 12.4 Å². The molecule has 0 fully saturated rings. The van der Waals surface area contributed by atoms with Crippen molar-refractivity contribution in [2.24, 2.45) is 0 Å². The van der Waals surface area contributed by atoms with Crippen molar-refractivity contribution in [3.63, 3.8) is 0 Å². The largest absolute Gasteiger partial charge is 0.416 e. The van der Waals surface area contributed by atoms with Crippen LogP contribution in [0.4, 0.5) is 46.8 Å². The van der Waals surface area contributed by atoms with E-state index in [2.05, 4.69) is 20.6 Å². The second-order valence-corrected chi connectivity index (χ2v) is 9.82. The van der Waals surface area contributed by atoms with Crippen LogP contribution in [0.15, 0.2) is 72.8 Å². The van der Waals surface area contributed by atoms with E-state index in [1.807, 2.05) is 0 Å². The SMILES string of the molecule is FC(F)(F)c1cccc(-c2ccc3c(n2)NCCC3(F)F)c1.O=C1CCNc2nc(-c3cccc(C(F)(F)F)c3)ccc21. The summed E-state index contributed by atoms with van der Waals surface area (Å²) in [5, 5.41) is 5.75. The van der Waals surface area contributed by atoms with Crippen LogP contribution in [0.3, 0.4) is 0 Å². The van der Waals surface area contributed by atoms with Crippen molar-refractivity contribution < 1.29 is 39.9 Å². The van der Waals surface area contributed by atoms with Gasteiger partial charge in [0.15, 0.2) is 5.78 Å². The lowest BCUT2D eigenvalue weighted by Crippen LogP contribution is -2.26. The summed E-state index contributed by atoms with van der Waals surface area (Å²) in [4.78, 5) is 20.0. The minimum Gasteiger partial charge on any atom is -0.369 e. The first kappa shape index (κ1) is 29.9. The first-order valence-corrected chi connectivity index (χ1v) is 13.0. The van der Waals surface area contributed by atoms with Crippen molar-refractivity contribution in [1.29, 1.82) is 0 Å². The maximum atomic E-state index is 13.7. The van der Waals surface area contributed by atoms with Crippen LogP contribution in [0.1, 0.15) is 39.9 Å². The lowest BCUT2D eigenvalue weighted by molar-refractivity contribution is -0.138. The fourth-order valence-corrected chi connectivity index (χ4v) is 4.64. The minimum atomic E-state index is -4.46. The molecule has 4 aromatic rings. The van der Waals surface area contributed by atoms with Crippen molar-refractivity contribution >= 4 is 17.4 Å². The van der Waals surface area contributed by atoms with E-state index in [9.17, 15) is 39.9 Å². The summed E-state index contributed by atoms with van der Waals surface area (Å²) < 4.78 is 104. The predicted molar refractivity (Wildman–Crippen MR) is 144 cm³/mol. The molecule has 6 rings (SSSR count). The minimum absolute atomic E-state index is 0.00755. The number of rotatable bonds is 2. The van der Waals surface area contributed by atoms with Crippen LogP contribution >= 0.6 is 0 Å². The zero-order chi connectivity index (χ0) is 31.0. The number of halogens is 8. The van der Waals surface area contributed by atoms with Crippen molar-refractivity contribution in [3.05, 3.63) is 95.1 Å². The van der Waals surface area contributed by atoms with E-state index in [1.165, 1.54) is 30.3 Å². The van der Waals surface area contributed by atoms with Gasteiger partial charge in [0.05, 0.1) is 33.6 Å². The van der Waals surface area contributed by atoms with Crippen molar-refractivity contribution in [2.45, 2.75) is 31.1 Å². The molecule has 0 spiro atoms. The number of hydrogen-bond donors (Lipinski definition) is 2. The first-order valence-electron chi connectivity index (χ1n) is 13.0. The fraction of sp³-hybridized carbons (Fsp3) is 0.233. The van der Waals surface area contributed by atoms with E-state index in [4.69, 9.17) is 0 Å². The number of fused-ring (bicyclic) bond motifs is 2. The summed E-state index contributed by atoms with van der Waals surface area (Å²) in [6.07, 6.45) is -8.78. The molecule has 0 unspecified atom stereocenters. The van der Waals surface area contributed by atoms with E-state index in [-0.39, 0.29) is 41.4 Å². The number of benzene rings is 2. The molecule has 2 N–H and O–H groups in total. The van der Waals surface area contributed by atoms with Gasteiger partial charge in [-0.1, -0.05) is 24.3 Å². The summed E-state index contributed by atoms with van der Waals surface area (Å²) in [6.45, 7) is 0.559. The number of aromatic nitrogens is 2. The van der Waals surface area contributed by atoms with Crippen LogP contribution in [0.5, 0.6) is 0 Å². The second-order valence-electron chi connectivity index (χ2n) is 9.82. The van der Waals surface area contributed by atoms with E-state index < -0.39 is 29.4 Å². The fourth-order valence-electron chi connectivity index (χ4n) is 4.64. The number of carbonyl (C=O) groups excluding carboxylic acids is 1. The molecule has 0 aliphatic carbocycles. The van der Waals surface area contributed by atoms with Crippen molar-refractivity contribution in [1.82, 2.24) is 9.97 Å². The molecule has 0 atom stereocenters. The van der Waals surface area contributed by atoms with E-state index >= 15 is 0 Å². The number of pyridine rings is 2. The van der Waals surface area contributed by atoms with Gasteiger partial charge in [-0.2, -0.15) is 26.3 Å². The summed E-state index contributed by atoms with van der Waals surface area (Å²) in [7, 11) is 0. The number of carbonyl (C=O) groups is 1. The summed E-state index contributed by atoms with van der Waals surface area (Å²) in [5.74, 6) is -2.53. The van der Waals surface area contributed by atoms with Gasteiger partial charge in [0, 0.05) is 37.1 Å². The Morgan fingerprint density at radius 1 is 0.674 bits per heavy atom. The molecule has 0 saturated carbocycles. The van der Waals surface area contributed by atoms with E-state index in [1.54, 1.807) is 18.2 Å². The van der Waals surface area contributed by atoms with Crippen molar-refractivity contribution in [2.75, 3.05) is 23.7 Å². The molecule has 0 bridgehead atoms. The molecule has 224 valence electrons. The number of anilines is 2. The van der Waals surface area contributed by atoms with Crippen LogP contribution < -0.4 is 10.6 Å². The monoisotopic (exact) mass is 606 g/mol. The van der Waals surface area contributed by atoms with E-state index in [0.717, 1.165) is 24.3 Å². The zero-order valence-electron chi connectivity index (χ0n) is 22.1. The molecular formula is C30H22F8N4O. The summed E-state index contributed by atoms with van der Waals surface area (Å²) in [6, 6.07) is 15.3. The maximum absolute atomic E-state index is 13.7. The third-order valence-electron chi connectivity index (χ3n) is 6.83. The Labute approximate surface area is 240 Å². The molecule has 13 heteroatoms. The molecule has 2 aliphatic heterocycles. The average molecular weight is 607 g/mol. The highest BCUT2D eigenvalue weighted by atomic mass is 19.4. The second kappa shape index (κ2) is 11.3. The summed E-state index contributed by atoms with van der Waals surface area (Å²) in [5.41, 5.74) is -0.0457. The number of hydrogen-bond acceptors (Lipinski definition) is 5. The lowest BCUT2D eigenvalue weighted by Gasteiger charge is -2.25. The normalized spacial score (nSPS) is 15.7. The Bertz CT molecular complexity index is 1670. The maximum Gasteiger partial charge on any atom is 0.416 e. The molecule has 5 nitrogen and oxygen atoms in total. The molecule has 2 aromatic heterocycles. The molecule has 4 heterocycles. The Morgan fingerprint density at radius 3 is 1.79 bits per heavy atom. The molecule has 2 aliphatic rings. The van der Waals surface area contributed by atoms with Crippen LogP contribution in [0, 0.1) is 0 Å². The number of alkyl halides is 8. The molecule has 43 heavy (non-hydrogen) atoms. The Morgan fingerprint density at radius 2 is 1.21 bits per heavy atom. The Hall–Kier alpha value is -4.55. The topological polar surface area (TPSA) is 66.9 Å². The predicted octanol–water partition coefficient (Wildman–Crippen LogP) is 8.44. The van der Waals surface area contributed by atoms with E-state index in [0.29, 0.717) is 35.6 Å². The van der Waals surface area contributed by atoms with Gasteiger partial charge in [0.1, 0.15) is 11.6 Å². The number of nitrogens with one attached hydrogen (secondary N) is 2. The third-order valence-corrected chi connectivity index (χ3v) is 6.83. The Kier molecular flexibility index (Phi) is 7.84. The highest BCUT2D eigenvalue weighted by molar-refractivity contribution is 6.02. The van der Waals surface area contributed by atoms with Gasteiger partial charge < -0.3 is 10.6 Å². The quantitative estimate of drug-likeness (QED) is 0.224. The Balaban J connectivity index is 0.000000171. The number of Topliss-reactive ketones (excluding diaryl/α,β-unsaturated/α-hetero) is 1. The highest BCUT2D eigenvalue weighted by Gasteiger charge is 2.38. The van der Waals surface area contributed by atoms with Crippen LogP contribution in [0.2, 0.25) is 0 Å². The first-order chi connectivity index (χ1) is 20.2. The van der Waals surface area contributed by atoms with Gasteiger partial charge in [0.25, 0.3) is 5.92 Å². The lowest BCUT2D eigenvalue weighted by atomic mass is 10.0. The molecule has 0 amide bonds. The molecule has 0 saturated heterocycles. The van der Waals surface area contributed by atoms with Gasteiger partial charge in [-0.25, -0.2) is 18.7 Å². The van der Waals surface area contributed by atoms with Gasteiger partial charge in [-0.3, -0.25) is 4.79 Å². The van der Waals surface area contributed by atoms with Crippen LogP contribution in [-0.4, -0.2) is 28.8 Å². The number of nitrogens with zero attached hydrogens (tertiary/aromatic N) is 2. The van der Waals surface area contributed by atoms with Gasteiger partial charge in [-0.05, 0) is 48.5 Å². The standard InChI is InChI=1S/C15H11F5N2.C15H11F3N2O/c16-14(17)6-7-21-13-11(14)4-5-12(22-13)9-2-1-3-10(8-9)15(18,19)20;16-15(17,18)10-3-1-2-9(8-10)12-5-4-11-13(21)6-7-19-14(11)20-12/h1-5,8H,6-7H2,(H,21,22);1-5,8H,6-7H2,(H,19,20). The summed E-state index contributed by atoms with van der Waals surface area (Å²) >= 11 is 0. The van der Waals surface area contributed by atoms with Crippen LogP contribution in [0.25, 0.3) is 22.5 Å². The highest BCUT2D eigenvalue weighted by Crippen LogP contribution is 2.40.